The second-order valence-electron chi connectivity index (χ2n) is 4.91. The van der Waals surface area contributed by atoms with Crippen LogP contribution in [0.1, 0.15) is 61.8 Å². The summed E-state index contributed by atoms with van der Waals surface area (Å²) in [5, 5.41) is 0.837. The average molecular weight is 254 g/mol. The Morgan fingerprint density at radius 1 is 1.12 bits per heavy atom. The lowest BCUT2D eigenvalue weighted by atomic mass is 9.95. The van der Waals surface area contributed by atoms with Crippen LogP contribution in [-0.4, -0.2) is 0 Å². The molecule has 0 aliphatic carbocycles. The fourth-order valence-corrected chi connectivity index (χ4v) is 2.37. The van der Waals surface area contributed by atoms with Gasteiger partial charge in [-0.05, 0) is 43.0 Å². The van der Waals surface area contributed by atoms with E-state index in [0.29, 0.717) is 0 Å². The van der Waals surface area contributed by atoms with Crippen molar-refractivity contribution < 1.29 is 0 Å². The molecular weight excluding hydrogens is 230 g/mol. The molecule has 0 aromatic heterocycles. The molecular formula is C15H24ClN. The number of benzene rings is 1. The highest BCUT2D eigenvalue weighted by Crippen LogP contribution is 2.26. The highest BCUT2D eigenvalue weighted by Gasteiger charge is 2.10. The van der Waals surface area contributed by atoms with Gasteiger partial charge in [-0.15, -0.1) is 0 Å². The van der Waals surface area contributed by atoms with Gasteiger partial charge in [-0.3, -0.25) is 0 Å². The molecule has 0 fully saturated rings. The maximum Gasteiger partial charge on any atom is 0.0438 e. The van der Waals surface area contributed by atoms with Gasteiger partial charge in [0.1, 0.15) is 0 Å². The zero-order valence-corrected chi connectivity index (χ0v) is 12.0. The third-order valence-electron chi connectivity index (χ3n) is 3.32. The summed E-state index contributed by atoms with van der Waals surface area (Å²) in [5.41, 5.74) is 9.84. The minimum atomic E-state index is 0.155. The van der Waals surface area contributed by atoms with E-state index in [9.17, 15) is 0 Å². The van der Waals surface area contributed by atoms with Crippen molar-refractivity contribution >= 4 is 11.6 Å². The molecule has 0 heterocycles. The van der Waals surface area contributed by atoms with Crippen molar-refractivity contribution in [2.45, 2.75) is 58.9 Å². The third-order valence-corrected chi connectivity index (χ3v) is 3.72. The molecule has 96 valence electrons. The first-order valence-corrected chi connectivity index (χ1v) is 6.96. The van der Waals surface area contributed by atoms with Crippen LogP contribution in [-0.2, 0) is 0 Å². The van der Waals surface area contributed by atoms with Crippen molar-refractivity contribution in [3.8, 4) is 0 Å². The molecule has 2 N–H and O–H groups in total. The Kier molecular flexibility index (Phi) is 6.01. The van der Waals surface area contributed by atoms with Crippen LogP contribution in [0.15, 0.2) is 12.1 Å². The van der Waals surface area contributed by atoms with Gasteiger partial charge in [-0.1, -0.05) is 50.3 Å². The summed E-state index contributed by atoms with van der Waals surface area (Å²) in [4.78, 5) is 0. The Hall–Kier alpha value is -0.530. The standard InChI is InChI=1S/C15H24ClN/c1-4-5-6-7-8-15(17)13-9-12(3)14(16)10-11(13)2/h9-10,15H,4-8,17H2,1-3H3. The van der Waals surface area contributed by atoms with Crippen LogP contribution in [0.5, 0.6) is 0 Å². The van der Waals surface area contributed by atoms with E-state index in [0.717, 1.165) is 17.0 Å². The summed E-state index contributed by atoms with van der Waals surface area (Å²) in [6, 6.07) is 4.32. The van der Waals surface area contributed by atoms with E-state index in [2.05, 4.69) is 19.9 Å². The van der Waals surface area contributed by atoms with E-state index in [1.54, 1.807) is 0 Å². The summed E-state index contributed by atoms with van der Waals surface area (Å²) in [6.45, 7) is 6.36. The van der Waals surface area contributed by atoms with Gasteiger partial charge in [-0.25, -0.2) is 0 Å². The number of hydrogen-bond acceptors (Lipinski definition) is 1. The molecule has 0 radical (unpaired) electrons. The number of rotatable bonds is 6. The topological polar surface area (TPSA) is 26.0 Å². The highest BCUT2D eigenvalue weighted by molar-refractivity contribution is 6.31. The Morgan fingerprint density at radius 3 is 2.47 bits per heavy atom. The molecule has 0 saturated carbocycles. The molecule has 0 saturated heterocycles. The number of nitrogens with two attached hydrogens (primary N) is 1. The Morgan fingerprint density at radius 2 is 1.82 bits per heavy atom. The summed E-state index contributed by atoms with van der Waals surface area (Å²) in [6.07, 6.45) is 6.16. The molecule has 1 aromatic rings. The SMILES string of the molecule is CCCCCCC(N)c1cc(C)c(Cl)cc1C. The molecule has 17 heavy (non-hydrogen) atoms. The molecule has 1 atom stereocenters. The normalized spacial score (nSPS) is 12.8. The molecule has 1 aromatic carbocycles. The van der Waals surface area contributed by atoms with E-state index in [4.69, 9.17) is 17.3 Å². The largest absolute Gasteiger partial charge is 0.324 e. The van der Waals surface area contributed by atoms with Gasteiger partial charge in [0, 0.05) is 11.1 Å². The van der Waals surface area contributed by atoms with Crippen molar-refractivity contribution in [1.82, 2.24) is 0 Å². The van der Waals surface area contributed by atoms with Gasteiger partial charge < -0.3 is 5.73 Å². The van der Waals surface area contributed by atoms with Crippen LogP contribution in [0.25, 0.3) is 0 Å². The second-order valence-corrected chi connectivity index (χ2v) is 5.32. The van der Waals surface area contributed by atoms with Crippen LogP contribution in [0, 0.1) is 13.8 Å². The summed E-state index contributed by atoms with van der Waals surface area (Å²) < 4.78 is 0. The Balaban J connectivity index is 2.62. The molecule has 0 bridgehead atoms. The van der Waals surface area contributed by atoms with E-state index in [1.807, 2.05) is 13.0 Å². The highest BCUT2D eigenvalue weighted by atomic mass is 35.5. The van der Waals surface area contributed by atoms with Gasteiger partial charge in [0.15, 0.2) is 0 Å². The number of hydrogen-bond donors (Lipinski definition) is 1. The van der Waals surface area contributed by atoms with Crippen LogP contribution < -0.4 is 5.73 Å². The molecule has 1 unspecified atom stereocenters. The molecule has 0 aliphatic heterocycles. The number of aryl methyl sites for hydroxylation is 2. The Labute approximate surface area is 110 Å². The fraction of sp³-hybridized carbons (Fsp3) is 0.600. The zero-order chi connectivity index (χ0) is 12.8. The van der Waals surface area contributed by atoms with Gasteiger partial charge in [0.05, 0.1) is 0 Å². The number of unbranched alkanes of at least 4 members (excludes halogenated alkanes) is 3. The zero-order valence-electron chi connectivity index (χ0n) is 11.2. The minimum absolute atomic E-state index is 0.155. The van der Waals surface area contributed by atoms with Crippen molar-refractivity contribution in [2.24, 2.45) is 5.73 Å². The quantitative estimate of drug-likeness (QED) is 0.715. The lowest BCUT2D eigenvalue weighted by Gasteiger charge is -2.16. The van der Waals surface area contributed by atoms with Gasteiger partial charge in [-0.2, -0.15) is 0 Å². The molecule has 0 spiro atoms. The van der Waals surface area contributed by atoms with Gasteiger partial charge >= 0.3 is 0 Å². The molecule has 1 rings (SSSR count). The number of halogens is 1. The molecule has 2 heteroatoms. The van der Waals surface area contributed by atoms with Crippen molar-refractivity contribution in [3.05, 3.63) is 33.8 Å². The van der Waals surface area contributed by atoms with Crippen molar-refractivity contribution in [1.29, 1.82) is 0 Å². The van der Waals surface area contributed by atoms with Crippen molar-refractivity contribution in [2.75, 3.05) is 0 Å². The molecule has 1 nitrogen and oxygen atoms in total. The lowest BCUT2D eigenvalue weighted by Crippen LogP contribution is -2.12. The second kappa shape index (κ2) is 7.03. The Bertz CT molecular complexity index is 360. The van der Waals surface area contributed by atoms with E-state index < -0.39 is 0 Å². The smallest absolute Gasteiger partial charge is 0.0438 e. The van der Waals surface area contributed by atoms with E-state index in [-0.39, 0.29) is 6.04 Å². The maximum atomic E-state index is 6.25. The van der Waals surface area contributed by atoms with Gasteiger partial charge in [0.2, 0.25) is 0 Å². The van der Waals surface area contributed by atoms with E-state index >= 15 is 0 Å². The third kappa shape index (κ3) is 4.33. The van der Waals surface area contributed by atoms with Crippen LogP contribution in [0.3, 0.4) is 0 Å². The van der Waals surface area contributed by atoms with Crippen molar-refractivity contribution in [3.63, 3.8) is 0 Å². The molecule has 0 amide bonds. The monoisotopic (exact) mass is 253 g/mol. The van der Waals surface area contributed by atoms with Crippen LogP contribution in [0.2, 0.25) is 5.02 Å². The maximum absolute atomic E-state index is 6.25. The predicted octanol–water partition coefficient (Wildman–Crippen LogP) is 4.93. The van der Waals surface area contributed by atoms with Gasteiger partial charge in [0.25, 0.3) is 0 Å². The first kappa shape index (κ1) is 14.5. The fourth-order valence-electron chi connectivity index (χ4n) is 2.15. The first-order valence-electron chi connectivity index (χ1n) is 6.58. The van der Waals surface area contributed by atoms with Crippen LogP contribution >= 0.6 is 11.6 Å². The summed E-state index contributed by atoms with van der Waals surface area (Å²) >= 11 is 6.10. The van der Waals surface area contributed by atoms with Crippen LogP contribution in [0.4, 0.5) is 0 Å². The lowest BCUT2D eigenvalue weighted by molar-refractivity contribution is 0.564. The first-order chi connectivity index (χ1) is 8.06. The average Bonchev–Trinajstić information content (AvgIpc) is 2.29. The summed E-state index contributed by atoms with van der Waals surface area (Å²) in [7, 11) is 0. The van der Waals surface area contributed by atoms with E-state index in [1.165, 1.54) is 36.8 Å². The predicted molar refractivity (Wildman–Crippen MR) is 76.6 cm³/mol. The minimum Gasteiger partial charge on any atom is -0.324 e. The molecule has 0 aliphatic rings. The summed E-state index contributed by atoms with van der Waals surface area (Å²) in [5.74, 6) is 0.